The molecule has 5 heteroatoms. The Balaban J connectivity index is 1.84. The van der Waals surface area contributed by atoms with Crippen molar-refractivity contribution >= 4 is 28.8 Å². The average molecular weight is 359 g/mol. The van der Waals surface area contributed by atoms with Crippen LogP contribution in [0.15, 0.2) is 72.9 Å². The minimum Gasteiger partial charge on any atom is -0.355 e. The minimum atomic E-state index is -0.162. The number of ketones is 1. The molecule has 1 aromatic heterocycles. The molecule has 0 fully saturated rings. The third-order valence-electron chi connectivity index (χ3n) is 4.17. The smallest absolute Gasteiger partial charge is 0.276 e. The van der Waals surface area contributed by atoms with Gasteiger partial charge >= 0.3 is 0 Å². The van der Waals surface area contributed by atoms with Crippen LogP contribution in [0.1, 0.15) is 34.7 Å². The summed E-state index contributed by atoms with van der Waals surface area (Å²) in [4.78, 5) is 30.4. The first kappa shape index (κ1) is 18.3. The van der Waals surface area contributed by atoms with Crippen molar-refractivity contribution in [2.75, 3.05) is 16.8 Å². The van der Waals surface area contributed by atoms with Gasteiger partial charge in [0.05, 0.1) is 0 Å². The van der Waals surface area contributed by atoms with E-state index < -0.39 is 0 Å². The summed E-state index contributed by atoms with van der Waals surface area (Å²) in [5.74, 6) is -0.157. The van der Waals surface area contributed by atoms with Crippen LogP contribution < -0.4 is 10.2 Å². The molecule has 136 valence electrons. The van der Waals surface area contributed by atoms with Crippen LogP contribution in [0.25, 0.3) is 0 Å². The number of hydrogen-bond acceptors (Lipinski definition) is 4. The van der Waals surface area contributed by atoms with Gasteiger partial charge in [0.15, 0.2) is 5.78 Å². The SMILES string of the molecule is CCN(C(=O)c1cc(Nc2cccc(C(C)=O)c2)ccn1)c1ccccc1. The molecule has 0 spiro atoms. The van der Waals surface area contributed by atoms with Gasteiger partial charge in [-0.2, -0.15) is 0 Å². The van der Waals surface area contributed by atoms with E-state index in [0.29, 0.717) is 17.8 Å². The number of nitrogens with zero attached hydrogens (tertiary/aromatic N) is 2. The number of aromatic nitrogens is 1. The number of benzene rings is 2. The van der Waals surface area contributed by atoms with Gasteiger partial charge in [-0.3, -0.25) is 14.6 Å². The van der Waals surface area contributed by atoms with Crippen LogP contribution in [0.5, 0.6) is 0 Å². The highest BCUT2D eigenvalue weighted by Gasteiger charge is 2.17. The van der Waals surface area contributed by atoms with Gasteiger partial charge < -0.3 is 10.2 Å². The van der Waals surface area contributed by atoms with Crippen molar-refractivity contribution in [2.24, 2.45) is 0 Å². The number of rotatable bonds is 6. The molecule has 0 saturated carbocycles. The fourth-order valence-electron chi connectivity index (χ4n) is 2.80. The summed E-state index contributed by atoms with van der Waals surface area (Å²) >= 11 is 0. The van der Waals surface area contributed by atoms with E-state index in [4.69, 9.17) is 0 Å². The third kappa shape index (κ3) is 4.39. The van der Waals surface area contributed by atoms with E-state index >= 15 is 0 Å². The van der Waals surface area contributed by atoms with Crippen molar-refractivity contribution in [3.8, 4) is 0 Å². The molecule has 0 unspecified atom stereocenters. The Bertz CT molecular complexity index is 955. The van der Waals surface area contributed by atoms with Crippen molar-refractivity contribution in [1.82, 2.24) is 4.98 Å². The van der Waals surface area contributed by atoms with Gasteiger partial charge in [0.25, 0.3) is 5.91 Å². The Hall–Kier alpha value is -3.47. The van der Waals surface area contributed by atoms with Crippen LogP contribution in [-0.4, -0.2) is 23.2 Å². The summed E-state index contributed by atoms with van der Waals surface area (Å²) in [6, 6.07) is 20.3. The number of anilines is 3. The van der Waals surface area contributed by atoms with E-state index in [-0.39, 0.29) is 11.7 Å². The third-order valence-corrected chi connectivity index (χ3v) is 4.17. The maximum Gasteiger partial charge on any atom is 0.276 e. The Morgan fingerprint density at radius 2 is 1.70 bits per heavy atom. The molecule has 0 aliphatic heterocycles. The van der Waals surface area contributed by atoms with Crippen LogP contribution in [0.3, 0.4) is 0 Å². The second-order valence-electron chi connectivity index (χ2n) is 6.08. The topological polar surface area (TPSA) is 62.3 Å². The second kappa shape index (κ2) is 8.27. The molecular weight excluding hydrogens is 338 g/mol. The average Bonchev–Trinajstić information content (AvgIpc) is 2.70. The summed E-state index contributed by atoms with van der Waals surface area (Å²) in [6.07, 6.45) is 1.60. The van der Waals surface area contributed by atoms with Crippen molar-refractivity contribution in [3.63, 3.8) is 0 Å². The summed E-state index contributed by atoms with van der Waals surface area (Å²) in [5.41, 5.74) is 3.33. The van der Waals surface area contributed by atoms with Crippen LogP contribution in [0, 0.1) is 0 Å². The summed E-state index contributed by atoms with van der Waals surface area (Å²) in [7, 11) is 0. The molecule has 1 amide bonds. The molecule has 0 bridgehead atoms. The van der Waals surface area contributed by atoms with Gasteiger partial charge in [-0.1, -0.05) is 30.3 Å². The van der Waals surface area contributed by atoms with Crippen molar-refractivity contribution < 1.29 is 9.59 Å². The van der Waals surface area contributed by atoms with Gasteiger partial charge in [0, 0.05) is 35.4 Å². The van der Waals surface area contributed by atoms with Crippen molar-refractivity contribution in [3.05, 3.63) is 84.2 Å². The Morgan fingerprint density at radius 3 is 2.41 bits per heavy atom. The van der Waals surface area contributed by atoms with Crippen molar-refractivity contribution in [1.29, 1.82) is 0 Å². The van der Waals surface area contributed by atoms with Crippen molar-refractivity contribution in [2.45, 2.75) is 13.8 Å². The maximum absolute atomic E-state index is 12.9. The predicted octanol–water partition coefficient (Wildman–Crippen LogP) is 4.69. The van der Waals surface area contributed by atoms with Gasteiger partial charge in [-0.15, -0.1) is 0 Å². The molecule has 0 aliphatic carbocycles. The van der Waals surface area contributed by atoms with Gasteiger partial charge in [0.1, 0.15) is 5.69 Å². The Kier molecular flexibility index (Phi) is 5.61. The van der Waals surface area contributed by atoms with E-state index in [1.165, 1.54) is 6.92 Å². The molecular formula is C22H21N3O2. The summed E-state index contributed by atoms with van der Waals surface area (Å²) in [6.45, 7) is 4.01. The molecule has 3 rings (SSSR count). The van der Waals surface area contributed by atoms with Gasteiger partial charge in [-0.25, -0.2) is 0 Å². The molecule has 0 saturated heterocycles. The molecule has 0 radical (unpaired) electrons. The molecule has 1 N–H and O–H groups in total. The summed E-state index contributed by atoms with van der Waals surface area (Å²) < 4.78 is 0. The van der Waals surface area contributed by atoms with Crippen LogP contribution in [0.2, 0.25) is 0 Å². The van der Waals surface area contributed by atoms with Crippen LogP contribution >= 0.6 is 0 Å². The fraction of sp³-hybridized carbons (Fsp3) is 0.136. The largest absolute Gasteiger partial charge is 0.355 e. The number of amides is 1. The molecule has 3 aromatic rings. The van der Waals surface area contributed by atoms with E-state index in [9.17, 15) is 9.59 Å². The molecule has 0 aliphatic rings. The van der Waals surface area contributed by atoms with E-state index in [0.717, 1.165) is 17.1 Å². The predicted molar refractivity (Wildman–Crippen MR) is 108 cm³/mol. The minimum absolute atomic E-state index is 0.00527. The van der Waals surface area contributed by atoms with E-state index in [1.54, 1.807) is 35.4 Å². The second-order valence-corrected chi connectivity index (χ2v) is 6.08. The highest BCUT2D eigenvalue weighted by molar-refractivity contribution is 6.05. The standard InChI is InChI=1S/C22H21N3O2/c1-3-25(20-10-5-4-6-11-20)22(27)21-15-19(12-13-23-21)24-18-9-7-8-17(14-18)16(2)26/h4-15H,3H2,1-2H3,(H,23,24). The molecule has 0 atom stereocenters. The number of pyridine rings is 1. The number of nitrogens with one attached hydrogen (secondary N) is 1. The first-order valence-electron chi connectivity index (χ1n) is 8.79. The lowest BCUT2D eigenvalue weighted by atomic mass is 10.1. The lowest BCUT2D eigenvalue weighted by Crippen LogP contribution is -2.31. The van der Waals surface area contributed by atoms with E-state index in [1.807, 2.05) is 49.4 Å². The quantitative estimate of drug-likeness (QED) is 0.648. The lowest BCUT2D eigenvalue weighted by Gasteiger charge is -2.20. The maximum atomic E-state index is 12.9. The highest BCUT2D eigenvalue weighted by atomic mass is 16.2. The lowest BCUT2D eigenvalue weighted by molar-refractivity contribution is 0.0981. The number of hydrogen-bond donors (Lipinski definition) is 1. The number of carbonyl (C=O) groups is 2. The van der Waals surface area contributed by atoms with Gasteiger partial charge in [0.2, 0.25) is 0 Å². The van der Waals surface area contributed by atoms with Gasteiger partial charge in [-0.05, 0) is 50.2 Å². The Labute approximate surface area is 158 Å². The monoisotopic (exact) mass is 359 g/mol. The first-order valence-corrected chi connectivity index (χ1v) is 8.79. The number of carbonyl (C=O) groups excluding carboxylic acids is 2. The summed E-state index contributed by atoms with van der Waals surface area (Å²) in [5, 5.41) is 3.23. The zero-order chi connectivity index (χ0) is 19.2. The van der Waals surface area contributed by atoms with E-state index in [2.05, 4.69) is 10.3 Å². The highest BCUT2D eigenvalue weighted by Crippen LogP contribution is 2.20. The zero-order valence-electron chi connectivity index (χ0n) is 15.3. The molecule has 1 heterocycles. The molecule has 2 aromatic carbocycles. The molecule has 5 nitrogen and oxygen atoms in total. The van der Waals surface area contributed by atoms with Crippen LogP contribution in [0.4, 0.5) is 17.1 Å². The number of para-hydroxylation sites is 1. The Morgan fingerprint density at radius 1 is 0.963 bits per heavy atom. The number of Topliss-reactive ketones (excluding diaryl/α,β-unsaturated/α-hetero) is 1. The molecule has 27 heavy (non-hydrogen) atoms. The first-order chi connectivity index (χ1) is 13.1. The fourth-order valence-corrected chi connectivity index (χ4v) is 2.80. The zero-order valence-corrected chi connectivity index (χ0v) is 15.3. The normalized spacial score (nSPS) is 10.3. The van der Waals surface area contributed by atoms with Crippen LogP contribution in [-0.2, 0) is 0 Å².